The number of H-pyrrole nitrogens is 1. The Morgan fingerprint density at radius 1 is 1.00 bits per heavy atom. The van der Waals surface area contributed by atoms with E-state index in [9.17, 15) is 4.79 Å². The second-order valence-electron chi connectivity index (χ2n) is 8.67. The molecule has 9 nitrogen and oxygen atoms in total. The van der Waals surface area contributed by atoms with E-state index in [2.05, 4.69) is 15.1 Å². The zero-order valence-electron chi connectivity index (χ0n) is 22.0. The minimum Gasteiger partial charge on any atom is -0.481 e. The smallest absolute Gasteiger partial charge is 0.338 e. The average molecular weight is 510 g/mol. The van der Waals surface area contributed by atoms with Crippen LogP contribution in [0.5, 0.6) is 5.88 Å². The number of aryl methyl sites for hydroxylation is 1. The molecule has 5 rings (SSSR count). The van der Waals surface area contributed by atoms with E-state index >= 15 is 0 Å². The molecule has 0 radical (unpaired) electrons. The van der Waals surface area contributed by atoms with Crippen LogP contribution in [0.4, 0.5) is 0 Å². The van der Waals surface area contributed by atoms with Crippen LogP contribution in [-0.4, -0.2) is 52.9 Å². The molecule has 38 heavy (non-hydrogen) atoms. The second kappa shape index (κ2) is 9.93. The summed E-state index contributed by atoms with van der Waals surface area (Å²) in [6.07, 6.45) is 1.94. The van der Waals surface area contributed by atoms with E-state index in [4.69, 9.17) is 24.3 Å². The fourth-order valence-corrected chi connectivity index (χ4v) is 4.88. The van der Waals surface area contributed by atoms with Crippen LogP contribution in [0.15, 0.2) is 53.7 Å². The molecule has 0 aliphatic heterocycles. The summed E-state index contributed by atoms with van der Waals surface area (Å²) in [6.45, 7) is 5.64. The van der Waals surface area contributed by atoms with Crippen LogP contribution in [0, 0.1) is 6.92 Å². The van der Waals surface area contributed by atoms with Crippen LogP contribution in [0.25, 0.3) is 49.7 Å². The highest BCUT2D eigenvalue weighted by Gasteiger charge is 2.22. The van der Waals surface area contributed by atoms with Gasteiger partial charge in [0.1, 0.15) is 24.1 Å². The number of fused-ring (bicyclic) bond motifs is 4. The summed E-state index contributed by atoms with van der Waals surface area (Å²) in [7, 11) is 4.48. The molecule has 3 heterocycles. The van der Waals surface area contributed by atoms with E-state index in [0.717, 1.165) is 38.4 Å². The first-order valence-electron chi connectivity index (χ1n) is 12.0. The van der Waals surface area contributed by atoms with Gasteiger partial charge in [0.25, 0.3) is 0 Å². The van der Waals surface area contributed by atoms with Gasteiger partial charge in [0.15, 0.2) is 0 Å². The molecule has 0 spiro atoms. The van der Waals surface area contributed by atoms with Crippen molar-refractivity contribution in [3.05, 3.63) is 65.5 Å². The summed E-state index contributed by atoms with van der Waals surface area (Å²) in [5, 5.41) is 6.50. The lowest BCUT2D eigenvalue weighted by atomic mass is 9.96. The number of aromatic amines is 1. The molecule has 9 heteroatoms. The molecule has 0 amide bonds. The van der Waals surface area contributed by atoms with Gasteiger partial charge in [0.05, 0.1) is 42.1 Å². The van der Waals surface area contributed by atoms with Crippen molar-refractivity contribution >= 4 is 50.1 Å². The van der Waals surface area contributed by atoms with Crippen molar-refractivity contribution in [3.8, 4) is 17.1 Å². The van der Waals surface area contributed by atoms with Crippen molar-refractivity contribution in [1.82, 2.24) is 19.9 Å². The minimum absolute atomic E-state index is 0.394. The van der Waals surface area contributed by atoms with Crippen LogP contribution in [0.3, 0.4) is 0 Å². The van der Waals surface area contributed by atoms with Crippen LogP contribution >= 0.6 is 0 Å². The van der Waals surface area contributed by atoms with Crippen molar-refractivity contribution in [1.29, 1.82) is 0 Å². The van der Waals surface area contributed by atoms with Gasteiger partial charge in [-0.15, -0.1) is 0 Å². The highest BCUT2D eigenvalue weighted by molar-refractivity contribution is 6.24. The van der Waals surface area contributed by atoms with Crippen molar-refractivity contribution in [2.45, 2.75) is 20.8 Å². The predicted molar refractivity (Wildman–Crippen MR) is 149 cm³/mol. The molecule has 0 atom stereocenters. The molecule has 0 bridgehead atoms. The number of ether oxygens (including phenoxy) is 2. The average Bonchev–Trinajstić information content (AvgIpc) is 3.28. The number of pyridine rings is 1. The molecular formula is C29H27N5O4. The maximum Gasteiger partial charge on any atom is 0.338 e. The molecule has 2 aromatic carbocycles. The van der Waals surface area contributed by atoms with Crippen molar-refractivity contribution in [2.24, 2.45) is 5.16 Å². The zero-order valence-corrected chi connectivity index (χ0v) is 22.0. The van der Waals surface area contributed by atoms with Gasteiger partial charge in [-0.3, -0.25) is 0 Å². The summed E-state index contributed by atoms with van der Waals surface area (Å²) >= 11 is 0. The number of hydrogen-bond acceptors (Lipinski definition) is 8. The number of aromatic nitrogens is 4. The molecule has 3 aromatic heterocycles. The van der Waals surface area contributed by atoms with Gasteiger partial charge < -0.3 is 19.3 Å². The number of allylic oxidation sites excluding steroid dienone is 2. The fourth-order valence-electron chi connectivity index (χ4n) is 4.88. The molecule has 1 N–H and O–H groups in total. The summed E-state index contributed by atoms with van der Waals surface area (Å²) < 4.78 is 10.7. The number of nitrogens with one attached hydrogen (secondary N) is 1. The van der Waals surface area contributed by atoms with E-state index in [-0.39, 0.29) is 0 Å². The third kappa shape index (κ3) is 4.02. The molecule has 192 valence electrons. The molecule has 0 saturated heterocycles. The molecule has 0 aliphatic rings. The van der Waals surface area contributed by atoms with Crippen LogP contribution in [0.1, 0.15) is 35.6 Å². The Bertz CT molecular complexity index is 1790. The number of oxime groups is 1. The third-order valence-electron chi connectivity index (χ3n) is 6.47. The first kappa shape index (κ1) is 24.9. The summed E-state index contributed by atoms with van der Waals surface area (Å²) in [5.41, 5.74) is 6.45. The first-order valence-corrected chi connectivity index (χ1v) is 12.0. The summed E-state index contributed by atoms with van der Waals surface area (Å²) in [5.74, 6) is 0.647. The van der Waals surface area contributed by atoms with Crippen LogP contribution < -0.4 is 4.74 Å². The number of benzene rings is 2. The molecule has 0 unspecified atom stereocenters. The van der Waals surface area contributed by atoms with E-state index in [0.29, 0.717) is 39.8 Å². The highest BCUT2D eigenvalue weighted by atomic mass is 16.6. The Morgan fingerprint density at radius 2 is 1.76 bits per heavy atom. The normalized spacial score (nSPS) is 12.4. The highest BCUT2D eigenvalue weighted by Crippen LogP contribution is 2.38. The quantitative estimate of drug-likeness (QED) is 0.173. The number of hydrogen-bond donors (Lipinski definition) is 1. The number of nitrogens with zero attached hydrogens (tertiary/aromatic N) is 4. The largest absolute Gasteiger partial charge is 0.481 e. The number of rotatable bonds is 6. The summed E-state index contributed by atoms with van der Waals surface area (Å²) in [6, 6.07) is 13.3. The molecule has 0 saturated carbocycles. The van der Waals surface area contributed by atoms with Gasteiger partial charge in [-0.25, -0.2) is 19.7 Å². The van der Waals surface area contributed by atoms with Gasteiger partial charge in [-0.05, 0) is 43.7 Å². The fraction of sp³-hybridized carbons (Fsp3) is 0.207. The number of carbonyl (C=O) groups excluding carboxylic acids is 1. The lowest BCUT2D eigenvalue weighted by Gasteiger charge is -2.12. The summed E-state index contributed by atoms with van der Waals surface area (Å²) in [4.78, 5) is 35.3. The maximum atomic E-state index is 12.4. The monoisotopic (exact) mass is 509 g/mol. The van der Waals surface area contributed by atoms with Gasteiger partial charge >= 0.3 is 5.97 Å². The lowest BCUT2D eigenvalue weighted by molar-refractivity contribution is 0.0603. The maximum absolute atomic E-state index is 12.4. The standard InChI is InChI=1S/C29H27N5O4/c1-7-17(15(2)34-38-6)22-14-23-26(33-28(22)36-4)24-25(30-16(3)31-27(24)32-23)20-12-13-21(29(35)37-5)19-11-9-8-10-18(19)20/h7-14H,1-6H3,(H,30,31,32)/b17-7-,34-15-. The SMILES string of the molecule is C/C=C(/C(C)=N\OC)c1cc2[nH]c3nc(C)nc(-c4ccc(C(=O)OC)c5ccccc45)c3c2nc1OC. The van der Waals surface area contributed by atoms with Crippen LogP contribution in [-0.2, 0) is 9.57 Å². The molecule has 5 aromatic rings. The topological polar surface area (TPSA) is 112 Å². The number of methoxy groups -OCH3 is 2. The Hall–Kier alpha value is -4.79. The van der Waals surface area contributed by atoms with E-state index in [1.165, 1.54) is 14.2 Å². The Morgan fingerprint density at radius 3 is 2.45 bits per heavy atom. The van der Waals surface area contributed by atoms with Gasteiger partial charge in [0, 0.05) is 16.7 Å². The van der Waals surface area contributed by atoms with Crippen LogP contribution in [0.2, 0.25) is 0 Å². The second-order valence-corrected chi connectivity index (χ2v) is 8.67. The van der Waals surface area contributed by atoms with E-state index in [1.54, 1.807) is 13.2 Å². The van der Waals surface area contributed by atoms with Crippen molar-refractivity contribution in [2.75, 3.05) is 21.3 Å². The molecule has 0 aliphatic carbocycles. The minimum atomic E-state index is -0.394. The van der Waals surface area contributed by atoms with Gasteiger partial charge in [-0.1, -0.05) is 41.6 Å². The van der Waals surface area contributed by atoms with Crippen molar-refractivity contribution < 1.29 is 19.1 Å². The third-order valence-corrected chi connectivity index (χ3v) is 6.47. The molecule has 0 fully saturated rings. The van der Waals surface area contributed by atoms with E-state index < -0.39 is 5.97 Å². The van der Waals surface area contributed by atoms with E-state index in [1.807, 2.05) is 63.2 Å². The zero-order chi connectivity index (χ0) is 27.0. The van der Waals surface area contributed by atoms with Gasteiger partial charge in [0.2, 0.25) is 5.88 Å². The Kier molecular flexibility index (Phi) is 6.50. The Balaban J connectivity index is 1.83. The lowest BCUT2D eigenvalue weighted by Crippen LogP contribution is -2.03. The predicted octanol–water partition coefficient (Wildman–Crippen LogP) is 5.86. The Labute approximate surface area is 219 Å². The first-order chi connectivity index (χ1) is 18.4. The molecular weight excluding hydrogens is 482 g/mol. The number of carbonyl (C=O) groups is 1. The van der Waals surface area contributed by atoms with Gasteiger partial charge in [-0.2, -0.15) is 0 Å². The van der Waals surface area contributed by atoms with Crippen molar-refractivity contribution in [3.63, 3.8) is 0 Å². The number of esters is 1.